The second kappa shape index (κ2) is 11.5. The van der Waals surface area contributed by atoms with Gasteiger partial charge in [0.1, 0.15) is 5.75 Å². The number of ether oxygens (including phenoxy) is 1. The van der Waals surface area contributed by atoms with Crippen molar-refractivity contribution in [2.24, 2.45) is 5.41 Å². The van der Waals surface area contributed by atoms with Crippen LogP contribution < -0.4 is 4.74 Å². The zero-order valence-electron chi connectivity index (χ0n) is 20.5. The van der Waals surface area contributed by atoms with Crippen LogP contribution in [0, 0.1) is 5.41 Å². The summed E-state index contributed by atoms with van der Waals surface area (Å²) in [5, 5.41) is 0. The highest BCUT2D eigenvalue weighted by Crippen LogP contribution is 2.38. The van der Waals surface area contributed by atoms with E-state index in [0.29, 0.717) is 26.1 Å². The average molecular weight is 463 g/mol. The number of amides is 2. The third-order valence-corrected chi connectivity index (χ3v) is 7.57. The lowest BCUT2D eigenvalue weighted by Crippen LogP contribution is -2.49. The first-order valence-corrected chi connectivity index (χ1v) is 12.9. The van der Waals surface area contributed by atoms with Gasteiger partial charge < -0.3 is 14.5 Å². The Balaban J connectivity index is 1.44. The number of piperidine rings is 2. The zero-order valence-corrected chi connectivity index (χ0v) is 20.5. The largest absolute Gasteiger partial charge is 0.493 e. The van der Waals surface area contributed by atoms with Crippen molar-refractivity contribution in [2.75, 3.05) is 32.8 Å². The standard InChI is InChI=1S/C29H38N2O3/c1-2-26(24-12-6-3-7-13-24)28(33)31-20-16-29(17-21-31,23-34-25-14-8-4-9-15-25)22-27(32)30-18-10-5-11-19-30/h3-4,6-9,12-15,26H,2,5,10-11,16-23H2,1H3/t26-/m1/s1. The quantitative estimate of drug-likeness (QED) is 0.537. The molecule has 5 heteroatoms. The van der Waals surface area contributed by atoms with Crippen LogP contribution in [0.25, 0.3) is 0 Å². The number of hydrogen-bond donors (Lipinski definition) is 0. The molecule has 2 aliphatic heterocycles. The van der Waals surface area contributed by atoms with E-state index in [1.165, 1.54) is 6.42 Å². The lowest BCUT2D eigenvalue weighted by atomic mass is 9.75. The van der Waals surface area contributed by atoms with Crippen LogP contribution in [0.3, 0.4) is 0 Å². The molecule has 182 valence electrons. The van der Waals surface area contributed by atoms with E-state index in [-0.39, 0.29) is 23.1 Å². The van der Waals surface area contributed by atoms with Crippen LogP contribution in [0.2, 0.25) is 0 Å². The van der Waals surface area contributed by atoms with E-state index in [2.05, 4.69) is 6.92 Å². The molecule has 0 aromatic heterocycles. The minimum atomic E-state index is -0.240. The maximum atomic E-state index is 13.4. The van der Waals surface area contributed by atoms with Gasteiger partial charge in [0.15, 0.2) is 0 Å². The summed E-state index contributed by atoms with van der Waals surface area (Å²) in [6.07, 6.45) is 6.27. The van der Waals surface area contributed by atoms with E-state index in [1.54, 1.807) is 0 Å². The Labute approximate surface area is 204 Å². The van der Waals surface area contributed by atoms with Crippen LogP contribution in [0.4, 0.5) is 0 Å². The molecule has 2 amide bonds. The zero-order chi connectivity index (χ0) is 23.8. The fourth-order valence-electron chi connectivity index (χ4n) is 5.36. The van der Waals surface area contributed by atoms with E-state index >= 15 is 0 Å². The van der Waals surface area contributed by atoms with Gasteiger partial charge in [-0.3, -0.25) is 9.59 Å². The van der Waals surface area contributed by atoms with Gasteiger partial charge in [0, 0.05) is 38.0 Å². The topological polar surface area (TPSA) is 49.9 Å². The third-order valence-electron chi connectivity index (χ3n) is 7.57. The summed E-state index contributed by atoms with van der Waals surface area (Å²) in [6.45, 7) is 5.67. The van der Waals surface area contributed by atoms with E-state index in [9.17, 15) is 9.59 Å². The SMILES string of the molecule is CC[C@@H](C(=O)N1CCC(COc2ccccc2)(CC(=O)N2CCCCC2)CC1)c1ccccc1. The van der Waals surface area contributed by atoms with E-state index in [1.807, 2.05) is 70.5 Å². The van der Waals surface area contributed by atoms with Crippen LogP contribution in [0.15, 0.2) is 60.7 Å². The maximum absolute atomic E-state index is 13.4. The van der Waals surface area contributed by atoms with Crippen molar-refractivity contribution in [3.05, 3.63) is 66.2 Å². The predicted octanol–water partition coefficient (Wildman–Crippen LogP) is 5.27. The molecule has 0 N–H and O–H groups in total. The van der Waals surface area contributed by atoms with Gasteiger partial charge in [0.25, 0.3) is 0 Å². The van der Waals surface area contributed by atoms with Crippen LogP contribution in [0.1, 0.15) is 63.4 Å². The van der Waals surface area contributed by atoms with Crippen molar-refractivity contribution < 1.29 is 14.3 Å². The normalized spacial score (nSPS) is 18.9. The van der Waals surface area contributed by atoms with Gasteiger partial charge in [-0.1, -0.05) is 55.5 Å². The Kier molecular flexibility index (Phi) is 8.25. The molecule has 0 aliphatic carbocycles. The summed E-state index contributed by atoms with van der Waals surface area (Å²) in [5.74, 6) is 1.17. The van der Waals surface area contributed by atoms with Gasteiger partial charge >= 0.3 is 0 Å². The molecule has 0 saturated carbocycles. The summed E-state index contributed by atoms with van der Waals surface area (Å²) >= 11 is 0. The third kappa shape index (κ3) is 5.99. The summed E-state index contributed by atoms with van der Waals surface area (Å²) in [6, 6.07) is 19.9. The van der Waals surface area contributed by atoms with Crippen LogP contribution >= 0.6 is 0 Å². The van der Waals surface area contributed by atoms with E-state index < -0.39 is 0 Å². The molecule has 4 rings (SSSR count). The molecular formula is C29H38N2O3. The first kappa shape index (κ1) is 24.3. The van der Waals surface area contributed by atoms with Gasteiger partial charge in [0.2, 0.25) is 11.8 Å². The molecule has 2 aliphatic rings. The fraction of sp³-hybridized carbons (Fsp3) is 0.517. The molecule has 2 aromatic rings. The van der Waals surface area contributed by atoms with Crippen LogP contribution in [-0.2, 0) is 9.59 Å². The van der Waals surface area contributed by atoms with Crippen molar-refractivity contribution in [1.82, 2.24) is 9.80 Å². The average Bonchev–Trinajstić information content (AvgIpc) is 2.90. The maximum Gasteiger partial charge on any atom is 0.230 e. The molecule has 0 bridgehead atoms. The summed E-state index contributed by atoms with van der Waals surface area (Å²) in [4.78, 5) is 30.7. The molecule has 2 aromatic carbocycles. The lowest BCUT2D eigenvalue weighted by Gasteiger charge is -2.43. The lowest BCUT2D eigenvalue weighted by molar-refractivity contribution is -0.139. The highest BCUT2D eigenvalue weighted by Gasteiger charge is 2.40. The van der Waals surface area contributed by atoms with Gasteiger partial charge in [-0.05, 0) is 56.2 Å². The van der Waals surface area contributed by atoms with E-state index in [0.717, 1.165) is 56.5 Å². The molecule has 0 unspecified atom stereocenters. The molecule has 2 heterocycles. The Morgan fingerprint density at radius 2 is 1.47 bits per heavy atom. The van der Waals surface area contributed by atoms with Crippen molar-refractivity contribution in [2.45, 2.75) is 57.8 Å². The molecule has 5 nitrogen and oxygen atoms in total. The number of carbonyl (C=O) groups is 2. The van der Waals surface area contributed by atoms with Gasteiger partial charge in [0.05, 0.1) is 12.5 Å². The second-order valence-corrected chi connectivity index (χ2v) is 9.92. The number of para-hydroxylation sites is 1. The smallest absolute Gasteiger partial charge is 0.230 e. The Bertz CT molecular complexity index is 917. The number of hydrogen-bond acceptors (Lipinski definition) is 3. The number of nitrogens with zero attached hydrogens (tertiary/aromatic N) is 2. The Morgan fingerprint density at radius 1 is 0.853 bits per heavy atom. The van der Waals surface area contributed by atoms with Crippen molar-refractivity contribution >= 4 is 11.8 Å². The van der Waals surface area contributed by atoms with Gasteiger partial charge in [-0.2, -0.15) is 0 Å². The molecular weight excluding hydrogens is 424 g/mol. The monoisotopic (exact) mass is 462 g/mol. The predicted molar refractivity (Wildman–Crippen MR) is 135 cm³/mol. The second-order valence-electron chi connectivity index (χ2n) is 9.92. The highest BCUT2D eigenvalue weighted by molar-refractivity contribution is 5.84. The summed E-state index contributed by atoms with van der Waals surface area (Å²) < 4.78 is 6.20. The number of likely N-dealkylation sites (tertiary alicyclic amines) is 2. The molecule has 2 saturated heterocycles. The van der Waals surface area contributed by atoms with Crippen LogP contribution in [-0.4, -0.2) is 54.4 Å². The minimum Gasteiger partial charge on any atom is -0.493 e. The molecule has 34 heavy (non-hydrogen) atoms. The van der Waals surface area contributed by atoms with Crippen LogP contribution in [0.5, 0.6) is 5.75 Å². The Hall–Kier alpha value is -2.82. The first-order valence-electron chi connectivity index (χ1n) is 12.9. The van der Waals surface area contributed by atoms with Gasteiger partial charge in [-0.25, -0.2) is 0 Å². The van der Waals surface area contributed by atoms with Crippen molar-refractivity contribution in [3.63, 3.8) is 0 Å². The van der Waals surface area contributed by atoms with Crippen molar-refractivity contribution in [3.8, 4) is 5.75 Å². The summed E-state index contributed by atoms with van der Waals surface area (Å²) in [5.41, 5.74) is 0.842. The van der Waals surface area contributed by atoms with Gasteiger partial charge in [-0.15, -0.1) is 0 Å². The number of benzene rings is 2. The minimum absolute atomic E-state index is 0.107. The highest BCUT2D eigenvalue weighted by atomic mass is 16.5. The summed E-state index contributed by atoms with van der Waals surface area (Å²) in [7, 11) is 0. The molecule has 0 radical (unpaired) electrons. The Morgan fingerprint density at radius 3 is 2.09 bits per heavy atom. The molecule has 0 spiro atoms. The number of rotatable bonds is 8. The number of carbonyl (C=O) groups excluding carboxylic acids is 2. The molecule has 1 atom stereocenters. The molecule has 2 fully saturated rings. The van der Waals surface area contributed by atoms with E-state index in [4.69, 9.17) is 4.74 Å². The fourth-order valence-corrected chi connectivity index (χ4v) is 5.36. The first-order chi connectivity index (χ1) is 16.6. The van der Waals surface area contributed by atoms with Crippen molar-refractivity contribution in [1.29, 1.82) is 0 Å².